The van der Waals surface area contributed by atoms with Crippen molar-refractivity contribution < 1.29 is 18.0 Å². The minimum atomic E-state index is -4.42. The highest BCUT2D eigenvalue weighted by Gasteiger charge is 2.33. The number of carbonyl (C=O) groups excluding carboxylic acids is 1. The Balaban J connectivity index is 2.58. The maximum absolute atomic E-state index is 12.5. The molecule has 0 aliphatic heterocycles. The van der Waals surface area contributed by atoms with Gasteiger partial charge in [0, 0.05) is 24.9 Å². The van der Waals surface area contributed by atoms with Crippen LogP contribution in [0, 0.1) is 5.41 Å². The fraction of sp³-hybridized carbons (Fsp3) is 0.643. The molecular weight excluding hydrogens is 343 g/mol. The molecule has 0 bridgehead atoms. The molecule has 0 aliphatic rings. The number of nitrogens with zero attached hydrogens (tertiary/aromatic N) is 2. The van der Waals surface area contributed by atoms with Gasteiger partial charge in [-0.1, -0.05) is 0 Å². The quantitative estimate of drug-likeness (QED) is 0.507. The van der Waals surface area contributed by atoms with Crippen LogP contribution >= 0.6 is 11.3 Å². The van der Waals surface area contributed by atoms with Crippen molar-refractivity contribution >= 4 is 23.2 Å². The minimum Gasteiger partial charge on any atom is -0.369 e. The van der Waals surface area contributed by atoms with Crippen molar-refractivity contribution in [3.63, 3.8) is 0 Å². The van der Waals surface area contributed by atoms with Crippen LogP contribution in [0.15, 0.2) is 10.4 Å². The fourth-order valence-electron chi connectivity index (χ4n) is 1.54. The SMILES string of the molecule is CCNC(=NCC(C)(C)C(N)=O)NCCc1nc(C(F)(F)F)cs1. The van der Waals surface area contributed by atoms with Crippen LogP contribution in [-0.4, -0.2) is 36.5 Å². The molecular formula is C14H22F3N5OS. The highest BCUT2D eigenvalue weighted by atomic mass is 32.1. The molecule has 6 nitrogen and oxygen atoms in total. The van der Waals surface area contributed by atoms with E-state index in [-0.39, 0.29) is 6.54 Å². The number of rotatable bonds is 7. The van der Waals surface area contributed by atoms with Gasteiger partial charge in [0.1, 0.15) is 0 Å². The van der Waals surface area contributed by atoms with Crippen LogP contribution in [0.4, 0.5) is 13.2 Å². The number of halogens is 3. The van der Waals surface area contributed by atoms with Crippen molar-refractivity contribution in [3.05, 3.63) is 16.1 Å². The van der Waals surface area contributed by atoms with Crippen LogP contribution < -0.4 is 16.4 Å². The molecule has 1 amide bonds. The Morgan fingerprint density at radius 3 is 2.54 bits per heavy atom. The number of carbonyl (C=O) groups is 1. The molecule has 0 atom stereocenters. The maximum atomic E-state index is 12.5. The van der Waals surface area contributed by atoms with Gasteiger partial charge in [-0.2, -0.15) is 13.2 Å². The second kappa shape index (κ2) is 8.32. The second-order valence-electron chi connectivity index (χ2n) is 5.74. The van der Waals surface area contributed by atoms with E-state index in [1.54, 1.807) is 13.8 Å². The summed E-state index contributed by atoms with van der Waals surface area (Å²) in [6.07, 6.45) is -4.08. The largest absolute Gasteiger partial charge is 0.434 e. The van der Waals surface area contributed by atoms with Crippen LogP contribution in [0.25, 0.3) is 0 Å². The summed E-state index contributed by atoms with van der Waals surface area (Å²) >= 11 is 0.970. The zero-order valence-corrected chi connectivity index (χ0v) is 14.6. The van der Waals surface area contributed by atoms with E-state index >= 15 is 0 Å². The van der Waals surface area contributed by atoms with E-state index in [1.807, 2.05) is 6.92 Å². The summed E-state index contributed by atoms with van der Waals surface area (Å²) < 4.78 is 37.5. The third-order valence-corrected chi connectivity index (χ3v) is 4.03. The van der Waals surface area contributed by atoms with Crippen molar-refractivity contribution in [3.8, 4) is 0 Å². The Labute approximate surface area is 142 Å². The summed E-state index contributed by atoms with van der Waals surface area (Å²) in [6.45, 7) is 6.44. The Morgan fingerprint density at radius 1 is 1.38 bits per heavy atom. The van der Waals surface area contributed by atoms with E-state index in [2.05, 4.69) is 20.6 Å². The zero-order chi connectivity index (χ0) is 18.4. The number of nitrogens with one attached hydrogen (secondary N) is 2. The molecule has 0 aromatic carbocycles. The lowest BCUT2D eigenvalue weighted by Gasteiger charge is -2.19. The number of hydrogen-bond acceptors (Lipinski definition) is 4. The van der Waals surface area contributed by atoms with Gasteiger partial charge in [0.15, 0.2) is 11.7 Å². The summed E-state index contributed by atoms with van der Waals surface area (Å²) in [5, 5.41) is 7.40. The van der Waals surface area contributed by atoms with E-state index in [4.69, 9.17) is 5.73 Å². The summed E-state index contributed by atoms with van der Waals surface area (Å²) in [5.41, 5.74) is 3.65. The van der Waals surface area contributed by atoms with Gasteiger partial charge in [0.2, 0.25) is 5.91 Å². The molecule has 0 fully saturated rings. The van der Waals surface area contributed by atoms with Crippen LogP contribution in [-0.2, 0) is 17.4 Å². The number of hydrogen-bond donors (Lipinski definition) is 3. The molecule has 0 unspecified atom stereocenters. The second-order valence-corrected chi connectivity index (χ2v) is 6.69. The van der Waals surface area contributed by atoms with Crippen LogP contribution in [0.1, 0.15) is 31.5 Å². The van der Waals surface area contributed by atoms with Crippen molar-refractivity contribution in [2.45, 2.75) is 33.4 Å². The zero-order valence-electron chi connectivity index (χ0n) is 13.8. The lowest BCUT2D eigenvalue weighted by molar-refractivity contribution is -0.140. The van der Waals surface area contributed by atoms with E-state index in [1.165, 1.54) is 0 Å². The third kappa shape index (κ3) is 6.34. The van der Waals surface area contributed by atoms with Gasteiger partial charge in [0.05, 0.1) is 17.0 Å². The smallest absolute Gasteiger partial charge is 0.369 e. The molecule has 1 heterocycles. The lowest BCUT2D eigenvalue weighted by Crippen LogP contribution is -2.40. The topological polar surface area (TPSA) is 92.4 Å². The first-order valence-electron chi connectivity index (χ1n) is 7.40. The third-order valence-electron chi connectivity index (χ3n) is 3.12. The number of primary amides is 1. The summed E-state index contributed by atoms with van der Waals surface area (Å²) in [6, 6.07) is 0. The number of nitrogens with two attached hydrogens (primary N) is 1. The van der Waals surface area contributed by atoms with Crippen molar-refractivity contribution in [1.82, 2.24) is 15.6 Å². The van der Waals surface area contributed by atoms with Gasteiger partial charge in [-0.15, -0.1) is 11.3 Å². The number of alkyl halides is 3. The van der Waals surface area contributed by atoms with Gasteiger partial charge in [-0.3, -0.25) is 9.79 Å². The predicted octanol–water partition coefficient (Wildman–Crippen LogP) is 1.77. The number of amides is 1. The molecule has 4 N–H and O–H groups in total. The highest BCUT2D eigenvalue weighted by Crippen LogP contribution is 2.29. The van der Waals surface area contributed by atoms with E-state index in [0.29, 0.717) is 30.5 Å². The lowest BCUT2D eigenvalue weighted by atomic mass is 9.93. The fourth-order valence-corrected chi connectivity index (χ4v) is 2.35. The van der Waals surface area contributed by atoms with Crippen LogP contribution in [0.3, 0.4) is 0 Å². The van der Waals surface area contributed by atoms with Gasteiger partial charge in [-0.05, 0) is 20.8 Å². The number of thiazole rings is 1. The summed E-state index contributed by atoms with van der Waals surface area (Å²) in [4.78, 5) is 19.1. The molecule has 24 heavy (non-hydrogen) atoms. The molecule has 0 saturated heterocycles. The summed E-state index contributed by atoms with van der Waals surface area (Å²) in [5.74, 6) is 0.0176. The average Bonchev–Trinajstić information content (AvgIpc) is 2.93. The molecule has 10 heteroatoms. The number of aromatic nitrogens is 1. The van der Waals surface area contributed by atoms with Gasteiger partial charge in [-0.25, -0.2) is 4.98 Å². The van der Waals surface area contributed by atoms with E-state index in [0.717, 1.165) is 16.7 Å². The first-order valence-corrected chi connectivity index (χ1v) is 8.28. The van der Waals surface area contributed by atoms with Gasteiger partial charge >= 0.3 is 6.18 Å². The van der Waals surface area contributed by atoms with Crippen molar-refractivity contribution in [2.24, 2.45) is 16.1 Å². The molecule has 0 saturated carbocycles. The van der Waals surface area contributed by atoms with E-state index in [9.17, 15) is 18.0 Å². The predicted molar refractivity (Wildman–Crippen MR) is 87.8 cm³/mol. The molecule has 0 spiro atoms. The Kier molecular flexibility index (Phi) is 7.00. The van der Waals surface area contributed by atoms with Gasteiger partial charge in [0.25, 0.3) is 0 Å². The van der Waals surface area contributed by atoms with Gasteiger partial charge < -0.3 is 16.4 Å². The van der Waals surface area contributed by atoms with Crippen molar-refractivity contribution in [2.75, 3.05) is 19.6 Å². The number of aliphatic imine (C=N–C) groups is 1. The molecule has 1 rings (SSSR count). The normalized spacial score (nSPS) is 13.0. The first-order chi connectivity index (χ1) is 11.1. The number of guanidine groups is 1. The molecule has 136 valence electrons. The van der Waals surface area contributed by atoms with Crippen LogP contribution in [0.5, 0.6) is 0 Å². The van der Waals surface area contributed by atoms with Crippen LogP contribution in [0.2, 0.25) is 0 Å². The monoisotopic (exact) mass is 365 g/mol. The molecule has 1 aromatic rings. The molecule has 1 aromatic heterocycles. The first kappa shape index (κ1) is 20.2. The van der Waals surface area contributed by atoms with Crippen molar-refractivity contribution in [1.29, 1.82) is 0 Å². The van der Waals surface area contributed by atoms with E-state index < -0.39 is 23.2 Å². The Hall–Kier alpha value is -1.84. The molecule has 0 aliphatic carbocycles. The summed E-state index contributed by atoms with van der Waals surface area (Å²) in [7, 11) is 0. The standard InChI is InChI=1S/C14H22F3N5OS/c1-4-19-12(21-8-13(2,3)11(18)23)20-6-5-10-22-9(7-24-10)14(15,16)17/h7H,4-6,8H2,1-3H3,(H2,18,23)(H2,19,20,21). The Bertz CT molecular complexity index is 583. The average molecular weight is 365 g/mol. The maximum Gasteiger partial charge on any atom is 0.434 e. The Morgan fingerprint density at radius 2 is 2.04 bits per heavy atom. The molecule has 0 radical (unpaired) electrons. The minimum absolute atomic E-state index is 0.202. The highest BCUT2D eigenvalue weighted by molar-refractivity contribution is 7.09.